The highest BCUT2D eigenvalue weighted by Gasteiger charge is 2.31. The molecule has 0 bridgehead atoms. The van der Waals surface area contributed by atoms with E-state index in [4.69, 9.17) is 0 Å². The molecular weight excluding hydrogens is 200 g/mol. The van der Waals surface area contributed by atoms with Gasteiger partial charge in [0.15, 0.2) is 5.78 Å². The minimum Gasteiger partial charge on any atom is -0.385 e. The topological polar surface area (TPSA) is 37.3 Å². The molecule has 0 fully saturated rings. The molecule has 0 aliphatic rings. The zero-order valence-electron chi connectivity index (χ0n) is 11.9. The number of aliphatic hydroxyl groups is 1. The second-order valence-electron chi connectivity index (χ2n) is 7.14. The van der Waals surface area contributed by atoms with Crippen molar-refractivity contribution in [1.29, 1.82) is 0 Å². The Bertz CT molecular complexity index is 230. The van der Waals surface area contributed by atoms with Crippen molar-refractivity contribution in [2.24, 2.45) is 16.7 Å². The van der Waals surface area contributed by atoms with Crippen molar-refractivity contribution in [2.75, 3.05) is 0 Å². The number of carbonyl (C=O) groups is 1. The van der Waals surface area contributed by atoms with Gasteiger partial charge in [0, 0.05) is 5.41 Å². The number of hydrogen-bond acceptors (Lipinski definition) is 2. The van der Waals surface area contributed by atoms with Crippen molar-refractivity contribution in [1.82, 2.24) is 0 Å². The Kier molecular flexibility index (Phi) is 5.18. The fourth-order valence-corrected chi connectivity index (χ4v) is 1.52. The van der Waals surface area contributed by atoms with Gasteiger partial charge in [0.05, 0.1) is 0 Å². The zero-order chi connectivity index (χ0) is 13.1. The molecule has 0 spiro atoms. The molecule has 0 aliphatic carbocycles. The van der Waals surface area contributed by atoms with Gasteiger partial charge in [0.1, 0.15) is 6.10 Å². The van der Waals surface area contributed by atoms with Crippen molar-refractivity contribution in [2.45, 2.75) is 67.4 Å². The van der Waals surface area contributed by atoms with Gasteiger partial charge in [-0.15, -0.1) is 0 Å². The van der Waals surface area contributed by atoms with Gasteiger partial charge in [-0.2, -0.15) is 0 Å². The van der Waals surface area contributed by atoms with Gasteiger partial charge in [0.25, 0.3) is 0 Å². The maximum absolute atomic E-state index is 11.9. The van der Waals surface area contributed by atoms with Gasteiger partial charge in [-0.05, 0) is 24.2 Å². The first-order chi connectivity index (χ1) is 6.95. The second kappa shape index (κ2) is 5.31. The summed E-state index contributed by atoms with van der Waals surface area (Å²) in [6.45, 7) is 14.1. The van der Waals surface area contributed by atoms with Crippen LogP contribution in [0.3, 0.4) is 0 Å². The van der Waals surface area contributed by atoms with Crippen molar-refractivity contribution in [3.63, 3.8) is 0 Å². The molecule has 2 atom stereocenters. The average molecular weight is 228 g/mol. The lowest BCUT2D eigenvalue weighted by atomic mass is 9.80. The van der Waals surface area contributed by atoms with Crippen LogP contribution < -0.4 is 0 Å². The Morgan fingerprint density at radius 1 is 1.12 bits per heavy atom. The third kappa shape index (κ3) is 5.64. The average Bonchev–Trinajstić information content (AvgIpc) is 2.09. The lowest BCUT2D eigenvalue weighted by Gasteiger charge is -2.27. The predicted molar refractivity (Wildman–Crippen MR) is 68.3 cm³/mol. The van der Waals surface area contributed by atoms with E-state index < -0.39 is 11.5 Å². The van der Waals surface area contributed by atoms with Crippen LogP contribution in [-0.4, -0.2) is 17.0 Å². The lowest BCUT2D eigenvalue weighted by Crippen LogP contribution is -2.37. The highest BCUT2D eigenvalue weighted by Crippen LogP contribution is 2.27. The molecule has 0 rings (SSSR count). The monoisotopic (exact) mass is 228 g/mol. The summed E-state index contributed by atoms with van der Waals surface area (Å²) in [5, 5.41) is 9.97. The number of carbonyl (C=O) groups excluding carboxylic acids is 1. The predicted octanol–water partition coefficient (Wildman–Crippen LogP) is 3.42. The smallest absolute Gasteiger partial charge is 0.166 e. The van der Waals surface area contributed by atoms with Crippen LogP contribution >= 0.6 is 0 Å². The summed E-state index contributed by atoms with van der Waals surface area (Å²) in [5.74, 6) is -0.000130. The fraction of sp³-hybridized carbons (Fsp3) is 0.929. The third-order valence-electron chi connectivity index (χ3n) is 2.90. The SMILES string of the molecule is C[C@H](CCC(C)(C)C)[C@H](O)C(=O)C(C)(C)C. The fourth-order valence-electron chi connectivity index (χ4n) is 1.52. The van der Waals surface area contributed by atoms with Crippen LogP contribution in [0.5, 0.6) is 0 Å². The summed E-state index contributed by atoms with van der Waals surface area (Å²) in [5.41, 5.74) is -0.186. The summed E-state index contributed by atoms with van der Waals surface area (Å²) in [4.78, 5) is 11.9. The molecule has 1 N–H and O–H groups in total. The van der Waals surface area contributed by atoms with Crippen molar-refractivity contribution in [3.05, 3.63) is 0 Å². The minimum absolute atomic E-state index is 0.0472. The number of ketones is 1. The molecular formula is C14H28O2. The maximum Gasteiger partial charge on any atom is 0.166 e. The standard InChI is InChI=1S/C14H28O2/c1-10(8-9-13(2,3)4)11(15)12(16)14(5,6)7/h10-11,15H,8-9H2,1-7H3/t10-,11+/m1/s1. The van der Waals surface area contributed by atoms with E-state index in [9.17, 15) is 9.90 Å². The molecule has 0 saturated carbocycles. The number of hydrogen-bond donors (Lipinski definition) is 1. The summed E-state index contributed by atoms with van der Waals surface area (Å²) >= 11 is 0. The lowest BCUT2D eigenvalue weighted by molar-refractivity contribution is -0.137. The van der Waals surface area contributed by atoms with E-state index in [-0.39, 0.29) is 17.1 Å². The van der Waals surface area contributed by atoms with Gasteiger partial charge in [0.2, 0.25) is 0 Å². The normalized spacial score (nSPS) is 17.0. The quantitative estimate of drug-likeness (QED) is 0.800. The first-order valence-electron chi connectivity index (χ1n) is 6.17. The molecule has 2 nitrogen and oxygen atoms in total. The van der Waals surface area contributed by atoms with Crippen LogP contribution in [-0.2, 0) is 4.79 Å². The maximum atomic E-state index is 11.9. The molecule has 0 radical (unpaired) electrons. The highest BCUT2D eigenvalue weighted by molar-refractivity contribution is 5.87. The first-order valence-corrected chi connectivity index (χ1v) is 6.17. The van der Waals surface area contributed by atoms with Crippen LogP contribution in [0.25, 0.3) is 0 Å². The van der Waals surface area contributed by atoms with Crippen molar-refractivity contribution in [3.8, 4) is 0 Å². The van der Waals surface area contributed by atoms with Crippen molar-refractivity contribution >= 4 is 5.78 Å². The zero-order valence-corrected chi connectivity index (χ0v) is 11.9. The largest absolute Gasteiger partial charge is 0.385 e. The number of rotatable bonds is 4. The van der Waals surface area contributed by atoms with Gasteiger partial charge >= 0.3 is 0 Å². The van der Waals surface area contributed by atoms with Crippen LogP contribution in [0.15, 0.2) is 0 Å². The Labute approximate surface area is 100 Å². The third-order valence-corrected chi connectivity index (χ3v) is 2.90. The van der Waals surface area contributed by atoms with E-state index in [1.165, 1.54) is 0 Å². The molecule has 0 heterocycles. The minimum atomic E-state index is -0.817. The van der Waals surface area contributed by atoms with Gasteiger partial charge in [-0.25, -0.2) is 0 Å². The highest BCUT2D eigenvalue weighted by atomic mass is 16.3. The summed E-state index contributed by atoms with van der Waals surface area (Å²) < 4.78 is 0. The summed E-state index contributed by atoms with van der Waals surface area (Å²) in [7, 11) is 0. The van der Waals surface area contributed by atoms with E-state index in [0.717, 1.165) is 12.8 Å². The molecule has 96 valence electrons. The number of Topliss-reactive ketones (excluding diaryl/α,β-unsaturated/α-hetero) is 1. The van der Waals surface area contributed by atoms with E-state index in [1.54, 1.807) is 0 Å². The molecule has 0 aromatic carbocycles. The summed E-state index contributed by atoms with van der Waals surface area (Å²) in [6, 6.07) is 0. The van der Waals surface area contributed by atoms with Crippen LogP contribution in [0.4, 0.5) is 0 Å². The summed E-state index contributed by atoms with van der Waals surface area (Å²) in [6.07, 6.45) is 1.11. The van der Waals surface area contributed by atoms with Crippen LogP contribution in [0, 0.1) is 16.7 Å². The molecule has 0 aromatic rings. The van der Waals surface area contributed by atoms with E-state index >= 15 is 0 Å². The van der Waals surface area contributed by atoms with Crippen LogP contribution in [0.2, 0.25) is 0 Å². The van der Waals surface area contributed by atoms with E-state index in [1.807, 2.05) is 27.7 Å². The Hall–Kier alpha value is -0.370. The molecule has 0 aliphatic heterocycles. The Morgan fingerprint density at radius 3 is 1.88 bits per heavy atom. The number of aliphatic hydroxyl groups excluding tert-OH is 1. The molecule has 16 heavy (non-hydrogen) atoms. The molecule has 2 heteroatoms. The Morgan fingerprint density at radius 2 is 1.56 bits per heavy atom. The van der Waals surface area contributed by atoms with Gasteiger partial charge in [-0.1, -0.05) is 48.5 Å². The Balaban J connectivity index is 4.30. The van der Waals surface area contributed by atoms with Crippen LogP contribution in [0.1, 0.15) is 61.3 Å². The van der Waals surface area contributed by atoms with Gasteiger partial charge in [-0.3, -0.25) is 4.79 Å². The van der Waals surface area contributed by atoms with Crippen molar-refractivity contribution < 1.29 is 9.90 Å². The van der Waals surface area contributed by atoms with E-state index in [0.29, 0.717) is 0 Å². The second-order valence-corrected chi connectivity index (χ2v) is 7.14. The molecule has 0 aromatic heterocycles. The molecule has 0 amide bonds. The molecule has 0 unspecified atom stereocenters. The first kappa shape index (κ1) is 15.6. The van der Waals surface area contributed by atoms with Gasteiger partial charge < -0.3 is 5.11 Å². The molecule has 0 saturated heterocycles. The van der Waals surface area contributed by atoms with E-state index in [2.05, 4.69) is 20.8 Å².